The van der Waals surface area contributed by atoms with Gasteiger partial charge in [0.05, 0.1) is 30.6 Å². The lowest BCUT2D eigenvalue weighted by Crippen LogP contribution is -2.37. The summed E-state index contributed by atoms with van der Waals surface area (Å²) in [6, 6.07) is 6.91. The highest BCUT2D eigenvalue weighted by molar-refractivity contribution is 6.11. The third kappa shape index (κ3) is 5.39. The average Bonchev–Trinajstić information content (AvgIpc) is 3.25. The molecule has 0 aliphatic carbocycles. The van der Waals surface area contributed by atoms with Crippen molar-refractivity contribution < 1.29 is 13.9 Å². The minimum absolute atomic E-state index is 0.000646. The first-order chi connectivity index (χ1) is 16.0. The van der Waals surface area contributed by atoms with Crippen LogP contribution in [0, 0.1) is 5.82 Å². The summed E-state index contributed by atoms with van der Waals surface area (Å²) in [6.45, 7) is 9.54. The predicted molar refractivity (Wildman–Crippen MR) is 127 cm³/mol. The number of hydrogen-bond donors (Lipinski definition) is 2. The van der Waals surface area contributed by atoms with Crippen LogP contribution < -0.4 is 5.32 Å². The molecule has 1 fully saturated rings. The van der Waals surface area contributed by atoms with Crippen LogP contribution in [0.2, 0.25) is 0 Å². The second-order valence-corrected chi connectivity index (χ2v) is 7.74. The maximum atomic E-state index is 13.9. The number of hydrogen-bond acceptors (Lipinski definition) is 6. The fraction of sp³-hybridized carbons (Fsp3) is 0.250. The number of nitrogens with one attached hydrogen (secondary N) is 2. The van der Waals surface area contributed by atoms with Crippen molar-refractivity contribution in [2.45, 2.75) is 6.92 Å². The topological polar surface area (TPSA) is 95.5 Å². The first-order valence-electron chi connectivity index (χ1n) is 10.6. The Labute approximate surface area is 190 Å². The smallest absolute Gasteiger partial charge is 0.276 e. The molecular weight excluding hydrogens is 423 g/mol. The maximum absolute atomic E-state index is 13.9. The minimum atomic E-state index is -0.562. The zero-order chi connectivity index (χ0) is 23.2. The number of benzene rings is 1. The second-order valence-electron chi connectivity index (χ2n) is 7.74. The number of halogens is 1. The molecule has 9 heteroatoms. The number of pyridine rings is 1. The molecule has 4 rings (SSSR count). The van der Waals surface area contributed by atoms with Crippen molar-refractivity contribution in [1.29, 1.82) is 0 Å². The van der Waals surface area contributed by atoms with E-state index in [9.17, 15) is 9.18 Å². The fourth-order valence-corrected chi connectivity index (χ4v) is 3.70. The van der Waals surface area contributed by atoms with Crippen LogP contribution >= 0.6 is 0 Å². The van der Waals surface area contributed by atoms with Gasteiger partial charge in [0.25, 0.3) is 5.91 Å². The van der Waals surface area contributed by atoms with Gasteiger partial charge in [-0.2, -0.15) is 5.10 Å². The van der Waals surface area contributed by atoms with Gasteiger partial charge in [-0.25, -0.2) is 4.39 Å². The number of morpholine rings is 1. The molecular formula is C24H25FN6O2. The summed E-state index contributed by atoms with van der Waals surface area (Å²) in [7, 11) is 0. The third-order valence-electron chi connectivity index (χ3n) is 5.42. The number of allylic oxidation sites excluding steroid dienone is 1. The summed E-state index contributed by atoms with van der Waals surface area (Å²) >= 11 is 0. The van der Waals surface area contributed by atoms with E-state index >= 15 is 0 Å². The monoisotopic (exact) mass is 448 g/mol. The predicted octanol–water partition coefficient (Wildman–Crippen LogP) is 3.67. The van der Waals surface area contributed by atoms with Crippen LogP contribution in [-0.4, -0.2) is 65.6 Å². The standard InChI is InChI=1S/C24H25FN6O2/c1-16(11-17(13-26-2)15-31-7-9-33-10-8-31)18-3-4-21-19(12-18)23(30-29-21)24(32)28-22-14-27-6-5-20(22)25/h3-6,11-14H,2,7-10,15H2,1H3,(H,28,32)(H,29,30)/b16-11+,17-13+. The Morgan fingerprint density at radius 1 is 1.36 bits per heavy atom. The summed E-state index contributed by atoms with van der Waals surface area (Å²) in [5.74, 6) is -1.08. The number of H-pyrrole nitrogens is 1. The van der Waals surface area contributed by atoms with Crippen LogP contribution in [-0.2, 0) is 4.74 Å². The molecule has 33 heavy (non-hydrogen) atoms. The Kier molecular flexibility index (Phi) is 7.01. The molecule has 3 aromatic rings. The lowest BCUT2D eigenvalue weighted by Gasteiger charge is -2.26. The van der Waals surface area contributed by atoms with Gasteiger partial charge in [-0.05, 0) is 48.6 Å². The number of aliphatic imine (C=N–C) groups is 1. The number of rotatable bonds is 7. The highest BCUT2D eigenvalue weighted by Gasteiger charge is 2.17. The van der Waals surface area contributed by atoms with Crippen molar-refractivity contribution in [2.24, 2.45) is 4.99 Å². The van der Waals surface area contributed by atoms with Gasteiger partial charge in [0.1, 0.15) is 5.82 Å². The second kappa shape index (κ2) is 10.3. The van der Waals surface area contributed by atoms with E-state index in [2.05, 4.69) is 43.2 Å². The number of carbonyl (C=O) groups is 1. The van der Waals surface area contributed by atoms with Crippen LogP contribution in [0.4, 0.5) is 10.1 Å². The molecule has 0 spiro atoms. The van der Waals surface area contributed by atoms with E-state index in [0.717, 1.165) is 49.6 Å². The number of amides is 1. The summed E-state index contributed by atoms with van der Waals surface area (Å²) in [5.41, 5.74) is 3.86. The van der Waals surface area contributed by atoms with E-state index in [1.165, 1.54) is 18.5 Å². The lowest BCUT2D eigenvalue weighted by molar-refractivity contribution is 0.0426. The largest absolute Gasteiger partial charge is 0.379 e. The number of carbonyl (C=O) groups excluding carboxylic acids is 1. The summed E-state index contributed by atoms with van der Waals surface area (Å²) in [5, 5.41) is 10.2. The molecule has 2 aromatic heterocycles. The molecule has 0 unspecified atom stereocenters. The first-order valence-corrected chi connectivity index (χ1v) is 10.6. The van der Waals surface area contributed by atoms with Crippen LogP contribution in [0.15, 0.2) is 59.5 Å². The van der Waals surface area contributed by atoms with Gasteiger partial charge in [0.15, 0.2) is 5.69 Å². The molecule has 1 aliphatic heterocycles. The zero-order valence-corrected chi connectivity index (χ0v) is 18.3. The van der Waals surface area contributed by atoms with Crippen molar-refractivity contribution in [3.63, 3.8) is 0 Å². The average molecular weight is 449 g/mol. The van der Waals surface area contributed by atoms with E-state index in [1.54, 1.807) is 6.20 Å². The van der Waals surface area contributed by atoms with E-state index in [-0.39, 0.29) is 11.4 Å². The molecule has 3 heterocycles. The zero-order valence-electron chi connectivity index (χ0n) is 18.3. The highest BCUT2D eigenvalue weighted by atomic mass is 19.1. The van der Waals surface area contributed by atoms with Gasteiger partial charge in [-0.15, -0.1) is 0 Å². The van der Waals surface area contributed by atoms with Crippen LogP contribution in [0.25, 0.3) is 16.5 Å². The Morgan fingerprint density at radius 2 is 2.18 bits per heavy atom. The molecule has 1 aliphatic rings. The summed E-state index contributed by atoms with van der Waals surface area (Å²) in [4.78, 5) is 22.9. The SMILES string of the molecule is C=N/C=C(\C=C(/C)c1ccc2[nH]nc(C(=O)Nc3cnccc3F)c2c1)CN1CCOCC1. The van der Waals surface area contributed by atoms with E-state index in [0.29, 0.717) is 10.9 Å². The Morgan fingerprint density at radius 3 is 2.94 bits per heavy atom. The molecule has 2 N–H and O–H groups in total. The van der Waals surface area contributed by atoms with Gasteiger partial charge < -0.3 is 10.1 Å². The quantitative estimate of drug-likeness (QED) is 0.425. The normalized spacial score (nSPS) is 15.6. The minimum Gasteiger partial charge on any atom is -0.379 e. The molecule has 0 bridgehead atoms. The molecule has 170 valence electrons. The van der Waals surface area contributed by atoms with E-state index in [4.69, 9.17) is 4.74 Å². The van der Waals surface area contributed by atoms with E-state index < -0.39 is 11.7 Å². The molecule has 1 saturated heterocycles. The number of fused-ring (bicyclic) bond motifs is 1. The fourth-order valence-electron chi connectivity index (χ4n) is 3.70. The van der Waals surface area contributed by atoms with Crippen LogP contribution in [0.3, 0.4) is 0 Å². The van der Waals surface area contributed by atoms with Crippen molar-refractivity contribution >= 4 is 34.8 Å². The Bertz CT molecular complexity index is 1230. The van der Waals surface area contributed by atoms with Crippen molar-refractivity contribution in [1.82, 2.24) is 20.1 Å². The Balaban J connectivity index is 1.58. The molecule has 8 nitrogen and oxygen atoms in total. The number of anilines is 1. The van der Waals surface area contributed by atoms with E-state index in [1.807, 2.05) is 25.1 Å². The molecule has 1 amide bonds. The van der Waals surface area contributed by atoms with Crippen molar-refractivity contribution in [2.75, 3.05) is 38.2 Å². The third-order valence-corrected chi connectivity index (χ3v) is 5.42. The number of nitrogens with zero attached hydrogens (tertiary/aromatic N) is 4. The van der Waals surface area contributed by atoms with Gasteiger partial charge in [-0.1, -0.05) is 12.1 Å². The van der Waals surface area contributed by atoms with Crippen LogP contribution in [0.1, 0.15) is 23.0 Å². The molecule has 0 radical (unpaired) electrons. The van der Waals surface area contributed by atoms with Crippen molar-refractivity contribution in [3.8, 4) is 0 Å². The first kappa shape index (κ1) is 22.5. The van der Waals surface area contributed by atoms with Gasteiger partial charge in [0.2, 0.25) is 0 Å². The molecule has 1 aromatic carbocycles. The summed E-state index contributed by atoms with van der Waals surface area (Å²) < 4.78 is 19.3. The highest BCUT2D eigenvalue weighted by Crippen LogP contribution is 2.24. The van der Waals surface area contributed by atoms with Crippen molar-refractivity contribution in [3.05, 3.63) is 71.6 Å². The lowest BCUT2D eigenvalue weighted by atomic mass is 10.0. The van der Waals surface area contributed by atoms with Gasteiger partial charge in [-0.3, -0.25) is 24.8 Å². The Hall–Kier alpha value is -3.69. The number of aromatic nitrogens is 3. The van der Waals surface area contributed by atoms with Crippen LogP contribution in [0.5, 0.6) is 0 Å². The number of ether oxygens (including phenoxy) is 1. The maximum Gasteiger partial charge on any atom is 0.276 e. The van der Waals surface area contributed by atoms with Gasteiger partial charge >= 0.3 is 0 Å². The molecule has 0 atom stereocenters. The van der Waals surface area contributed by atoms with Gasteiger partial charge in [0, 0.05) is 37.4 Å². The molecule has 0 saturated carbocycles. The summed E-state index contributed by atoms with van der Waals surface area (Å²) in [6.07, 6.45) is 6.41. The number of aromatic amines is 1.